The van der Waals surface area contributed by atoms with E-state index in [1.807, 2.05) is 0 Å². The Kier molecular flexibility index (Phi) is 6.61. The number of aryl methyl sites for hydroxylation is 1. The van der Waals surface area contributed by atoms with E-state index >= 15 is 0 Å². The van der Waals surface area contributed by atoms with Gasteiger partial charge in [-0.25, -0.2) is 0 Å². The zero-order valence-corrected chi connectivity index (χ0v) is 15.9. The van der Waals surface area contributed by atoms with Crippen LogP contribution in [-0.4, -0.2) is 33.8 Å². The highest BCUT2D eigenvalue weighted by Crippen LogP contribution is 2.40. The molecule has 2 rings (SSSR count). The van der Waals surface area contributed by atoms with Crippen molar-refractivity contribution in [2.45, 2.75) is 13.1 Å². The number of amides is 1. The number of ether oxygens (including phenoxy) is 3. The molecule has 2 N–H and O–H groups in total. The Hall–Kier alpha value is -3.10. The summed E-state index contributed by atoms with van der Waals surface area (Å²) in [7, 11) is 4.35. The molecule has 1 amide bonds. The minimum Gasteiger partial charge on any atom is -0.493 e. The largest absolute Gasteiger partial charge is 0.493 e. The van der Waals surface area contributed by atoms with E-state index in [0.717, 1.165) is 6.07 Å². The number of rotatable bonds is 7. The number of hydrogen-bond donors (Lipinski definition) is 2. The van der Waals surface area contributed by atoms with Gasteiger partial charge in [0.25, 0.3) is 0 Å². The van der Waals surface area contributed by atoms with Gasteiger partial charge in [-0.05, 0) is 24.6 Å². The zero-order chi connectivity index (χ0) is 20.9. The molecular weight excluding hydrogens is 377 g/mol. The second-order valence-corrected chi connectivity index (χ2v) is 5.84. The SMILES string of the molecule is COc1cc(NC(=O)CNc2ccc(C)c(C(F)(F)F)c2)cc(OC)c1OC. The first-order chi connectivity index (χ1) is 13.2. The summed E-state index contributed by atoms with van der Waals surface area (Å²) in [6, 6.07) is 6.90. The normalized spacial score (nSPS) is 11.0. The third-order valence-electron chi connectivity index (χ3n) is 3.94. The van der Waals surface area contributed by atoms with Crippen LogP contribution in [0.15, 0.2) is 30.3 Å². The molecule has 0 spiro atoms. The average molecular weight is 398 g/mol. The number of nitrogens with one attached hydrogen (secondary N) is 2. The molecule has 0 aliphatic heterocycles. The van der Waals surface area contributed by atoms with Crippen LogP contribution in [0.1, 0.15) is 11.1 Å². The Morgan fingerprint density at radius 2 is 1.57 bits per heavy atom. The molecule has 0 atom stereocenters. The minimum atomic E-state index is -4.46. The maximum Gasteiger partial charge on any atom is 0.416 e. The maximum absolute atomic E-state index is 13.0. The number of benzene rings is 2. The fourth-order valence-corrected chi connectivity index (χ4v) is 2.58. The van der Waals surface area contributed by atoms with Crippen molar-refractivity contribution >= 4 is 17.3 Å². The Labute approximate surface area is 160 Å². The lowest BCUT2D eigenvalue weighted by Crippen LogP contribution is -2.22. The van der Waals surface area contributed by atoms with Crippen molar-refractivity contribution in [3.05, 3.63) is 41.5 Å². The van der Waals surface area contributed by atoms with E-state index in [1.165, 1.54) is 40.4 Å². The number of alkyl halides is 3. The van der Waals surface area contributed by atoms with Crippen LogP contribution in [-0.2, 0) is 11.0 Å². The number of halogens is 3. The van der Waals surface area contributed by atoms with Crippen LogP contribution in [0.2, 0.25) is 0 Å². The molecule has 9 heteroatoms. The summed E-state index contributed by atoms with van der Waals surface area (Å²) in [6.45, 7) is 1.15. The van der Waals surface area contributed by atoms with Crippen molar-refractivity contribution in [3.8, 4) is 17.2 Å². The molecule has 0 fully saturated rings. The molecule has 0 heterocycles. The summed E-state index contributed by atoms with van der Waals surface area (Å²) < 4.78 is 54.6. The summed E-state index contributed by atoms with van der Waals surface area (Å²) in [6.07, 6.45) is -4.46. The first-order valence-electron chi connectivity index (χ1n) is 8.21. The second-order valence-electron chi connectivity index (χ2n) is 5.84. The molecule has 6 nitrogen and oxygen atoms in total. The van der Waals surface area contributed by atoms with Crippen LogP contribution in [0.3, 0.4) is 0 Å². The monoisotopic (exact) mass is 398 g/mol. The summed E-state index contributed by atoms with van der Waals surface area (Å²) >= 11 is 0. The van der Waals surface area contributed by atoms with Crippen molar-refractivity contribution in [1.29, 1.82) is 0 Å². The lowest BCUT2D eigenvalue weighted by Gasteiger charge is -2.15. The Bertz CT molecular complexity index is 829. The molecule has 152 valence electrons. The predicted octanol–water partition coefficient (Wildman–Crippen LogP) is 4.09. The number of methoxy groups -OCH3 is 3. The van der Waals surface area contributed by atoms with Crippen molar-refractivity contribution in [1.82, 2.24) is 0 Å². The number of anilines is 2. The Morgan fingerprint density at radius 3 is 2.07 bits per heavy atom. The van der Waals surface area contributed by atoms with Gasteiger partial charge >= 0.3 is 6.18 Å². The average Bonchev–Trinajstić information content (AvgIpc) is 2.65. The Balaban J connectivity index is 2.09. The van der Waals surface area contributed by atoms with Gasteiger partial charge in [0.1, 0.15) is 0 Å². The van der Waals surface area contributed by atoms with E-state index in [-0.39, 0.29) is 17.8 Å². The maximum atomic E-state index is 13.0. The number of carbonyl (C=O) groups excluding carboxylic acids is 1. The Morgan fingerprint density at radius 1 is 0.964 bits per heavy atom. The molecule has 0 saturated carbocycles. The minimum absolute atomic E-state index is 0.111. The van der Waals surface area contributed by atoms with Crippen LogP contribution in [0.25, 0.3) is 0 Å². The highest BCUT2D eigenvalue weighted by Gasteiger charge is 2.32. The fraction of sp³-hybridized carbons (Fsp3) is 0.316. The molecule has 0 aliphatic carbocycles. The van der Waals surface area contributed by atoms with Gasteiger partial charge < -0.3 is 24.8 Å². The summed E-state index contributed by atoms with van der Waals surface area (Å²) in [5.74, 6) is 0.640. The molecule has 0 radical (unpaired) electrons. The highest BCUT2D eigenvalue weighted by atomic mass is 19.4. The molecule has 0 aromatic heterocycles. The van der Waals surface area contributed by atoms with Crippen LogP contribution in [0.4, 0.5) is 24.5 Å². The van der Waals surface area contributed by atoms with Gasteiger partial charge in [0, 0.05) is 23.5 Å². The van der Waals surface area contributed by atoms with Gasteiger partial charge in [-0.1, -0.05) is 6.07 Å². The summed E-state index contributed by atoms with van der Waals surface area (Å²) in [5.41, 5.74) is -0.0541. The molecule has 2 aromatic rings. The van der Waals surface area contributed by atoms with Gasteiger partial charge in [-0.2, -0.15) is 13.2 Å². The molecule has 0 unspecified atom stereocenters. The quantitative estimate of drug-likeness (QED) is 0.735. The van der Waals surface area contributed by atoms with Crippen molar-refractivity contribution in [2.75, 3.05) is 38.5 Å². The van der Waals surface area contributed by atoms with Crippen LogP contribution in [0, 0.1) is 6.92 Å². The van der Waals surface area contributed by atoms with Crippen LogP contribution < -0.4 is 24.8 Å². The van der Waals surface area contributed by atoms with E-state index in [4.69, 9.17) is 14.2 Å². The third-order valence-corrected chi connectivity index (χ3v) is 3.94. The predicted molar refractivity (Wildman–Crippen MR) is 99.4 cm³/mol. The van der Waals surface area contributed by atoms with Gasteiger partial charge in [0.15, 0.2) is 11.5 Å². The van der Waals surface area contributed by atoms with Gasteiger partial charge in [0.2, 0.25) is 11.7 Å². The molecule has 0 aliphatic rings. The van der Waals surface area contributed by atoms with E-state index in [0.29, 0.717) is 22.9 Å². The van der Waals surface area contributed by atoms with Crippen molar-refractivity contribution < 1.29 is 32.2 Å². The van der Waals surface area contributed by atoms with Crippen LogP contribution >= 0.6 is 0 Å². The third kappa shape index (κ3) is 4.99. The van der Waals surface area contributed by atoms with E-state index in [9.17, 15) is 18.0 Å². The fourth-order valence-electron chi connectivity index (χ4n) is 2.58. The number of carbonyl (C=O) groups is 1. The van der Waals surface area contributed by atoms with Crippen LogP contribution in [0.5, 0.6) is 17.2 Å². The standard InChI is InChI=1S/C19H21F3N2O4/c1-11-5-6-12(7-14(11)19(20,21)22)23-10-17(25)24-13-8-15(26-2)18(28-4)16(9-13)27-3/h5-9,23H,10H2,1-4H3,(H,24,25). The molecular formula is C19H21F3N2O4. The van der Waals surface area contributed by atoms with Crippen molar-refractivity contribution in [2.24, 2.45) is 0 Å². The van der Waals surface area contributed by atoms with Crippen molar-refractivity contribution in [3.63, 3.8) is 0 Å². The van der Waals surface area contributed by atoms with E-state index < -0.39 is 17.6 Å². The molecule has 2 aromatic carbocycles. The van der Waals surface area contributed by atoms with Gasteiger partial charge in [-0.3, -0.25) is 4.79 Å². The van der Waals surface area contributed by atoms with Gasteiger partial charge in [0.05, 0.1) is 33.4 Å². The summed E-state index contributed by atoms with van der Waals surface area (Å²) in [4.78, 5) is 12.2. The first kappa shape index (κ1) is 21.2. The smallest absolute Gasteiger partial charge is 0.416 e. The lowest BCUT2D eigenvalue weighted by molar-refractivity contribution is -0.138. The molecule has 0 saturated heterocycles. The molecule has 28 heavy (non-hydrogen) atoms. The number of hydrogen-bond acceptors (Lipinski definition) is 5. The topological polar surface area (TPSA) is 68.8 Å². The first-order valence-corrected chi connectivity index (χ1v) is 8.21. The molecule has 0 bridgehead atoms. The zero-order valence-electron chi connectivity index (χ0n) is 15.9. The second kappa shape index (κ2) is 8.73. The van der Waals surface area contributed by atoms with E-state index in [1.54, 1.807) is 12.1 Å². The highest BCUT2D eigenvalue weighted by molar-refractivity contribution is 5.94. The summed E-state index contributed by atoms with van der Waals surface area (Å²) in [5, 5.41) is 5.31. The lowest BCUT2D eigenvalue weighted by atomic mass is 10.1. The van der Waals surface area contributed by atoms with Gasteiger partial charge in [-0.15, -0.1) is 0 Å². The van der Waals surface area contributed by atoms with E-state index in [2.05, 4.69) is 10.6 Å².